The van der Waals surface area contributed by atoms with Crippen molar-refractivity contribution in [3.63, 3.8) is 0 Å². The first-order valence-corrected chi connectivity index (χ1v) is 12.4. The van der Waals surface area contributed by atoms with Gasteiger partial charge in [-0.15, -0.1) is 0 Å². The average Bonchev–Trinajstić information content (AvgIpc) is 2.91. The Morgan fingerprint density at radius 2 is 1.80 bits per heavy atom. The summed E-state index contributed by atoms with van der Waals surface area (Å²) in [4.78, 5) is 32.7. The van der Waals surface area contributed by atoms with Crippen molar-refractivity contribution in [2.45, 2.75) is 18.8 Å². The number of hydrogen-bond donors (Lipinski definition) is 1. The van der Waals surface area contributed by atoms with Crippen molar-refractivity contribution in [3.8, 4) is 11.4 Å². The van der Waals surface area contributed by atoms with Gasteiger partial charge in [0.25, 0.3) is 5.56 Å². The number of rotatable bonds is 6. The first-order chi connectivity index (χ1) is 17.1. The molecule has 0 radical (unpaired) electrons. The zero-order valence-corrected chi connectivity index (χ0v) is 20.3. The Bertz CT molecular complexity index is 1170. The Balaban J connectivity index is 1.30. The largest absolute Gasteiger partial charge is 0.395 e. The van der Waals surface area contributed by atoms with Crippen LogP contribution in [0.4, 0.5) is 11.6 Å². The number of aliphatic hydroxyl groups excluding tert-OH is 1. The molecule has 3 aromatic rings. The second kappa shape index (κ2) is 10.5. The smallest absolute Gasteiger partial charge is 0.255 e. The number of piperazine rings is 1. The van der Waals surface area contributed by atoms with E-state index in [4.69, 9.17) is 10.1 Å². The van der Waals surface area contributed by atoms with Gasteiger partial charge in [-0.25, -0.2) is 15.0 Å². The number of anilines is 2. The molecule has 9 nitrogen and oxygen atoms in total. The fourth-order valence-corrected chi connectivity index (χ4v) is 5.14. The molecule has 5 rings (SSSR count). The minimum atomic E-state index is -0.0887. The molecule has 0 saturated carbocycles. The SMILES string of the molecule is Cn1c(N2CCCC(c3ccc(N4CCN(CCO)CC4)cc3)C2)nc(-c2ccncn2)cc1=O. The Hall–Kier alpha value is -3.30. The molecule has 2 aromatic heterocycles. The summed E-state index contributed by atoms with van der Waals surface area (Å²) in [6, 6.07) is 12.3. The predicted octanol–water partition coefficient (Wildman–Crippen LogP) is 1.74. The number of aromatic nitrogens is 4. The number of nitrogens with zero attached hydrogens (tertiary/aromatic N) is 7. The van der Waals surface area contributed by atoms with Gasteiger partial charge in [0.15, 0.2) is 0 Å². The van der Waals surface area contributed by atoms with Gasteiger partial charge in [-0.3, -0.25) is 14.3 Å². The zero-order chi connectivity index (χ0) is 24.2. The topological polar surface area (TPSA) is 90.6 Å². The highest BCUT2D eigenvalue weighted by molar-refractivity contribution is 5.55. The molecule has 0 aliphatic carbocycles. The standard InChI is InChI=1S/C26H33N7O2/c1-30-25(35)17-24(23-8-9-27-19-28-23)29-26(30)33-10-2-3-21(18-33)20-4-6-22(7-5-20)32-13-11-31(12-14-32)15-16-34/h4-9,17,19,21,34H,2-3,10-16,18H2,1H3. The molecule has 0 spiro atoms. The summed E-state index contributed by atoms with van der Waals surface area (Å²) in [5.74, 6) is 1.08. The summed E-state index contributed by atoms with van der Waals surface area (Å²) in [6.07, 6.45) is 5.31. The molecule has 2 aliphatic rings. The van der Waals surface area contributed by atoms with Crippen molar-refractivity contribution in [1.29, 1.82) is 0 Å². The van der Waals surface area contributed by atoms with Gasteiger partial charge in [-0.05, 0) is 36.6 Å². The quantitative estimate of drug-likeness (QED) is 0.577. The molecule has 2 saturated heterocycles. The van der Waals surface area contributed by atoms with Gasteiger partial charge in [0.2, 0.25) is 5.95 Å². The lowest BCUT2D eigenvalue weighted by Gasteiger charge is -2.36. The van der Waals surface area contributed by atoms with Crippen LogP contribution in [0.2, 0.25) is 0 Å². The number of β-amino-alcohol motifs (C(OH)–C–C–N with tert-alkyl or cyclic N) is 1. The second-order valence-electron chi connectivity index (χ2n) is 9.36. The van der Waals surface area contributed by atoms with E-state index in [0.29, 0.717) is 23.3 Å². The van der Waals surface area contributed by atoms with Gasteiger partial charge < -0.3 is 14.9 Å². The maximum absolute atomic E-state index is 12.7. The first-order valence-electron chi connectivity index (χ1n) is 12.4. The second-order valence-corrected chi connectivity index (χ2v) is 9.36. The maximum atomic E-state index is 12.7. The molecule has 2 aliphatic heterocycles. The van der Waals surface area contributed by atoms with Crippen LogP contribution in [0.25, 0.3) is 11.4 Å². The van der Waals surface area contributed by atoms with Crippen LogP contribution < -0.4 is 15.4 Å². The van der Waals surface area contributed by atoms with Crippen LogP contribution in [0.1, 0.15) is 24.3 Å². The summed E-state index contributed by atoms with van der Waals surface area (Å²) in [6.45, 7) is 6.62. The Labute approximate surface area is 205 Å². The minimum absolute atomic E-state index is 0.0887. The Kier molecular flexibility index (Phi) is 7.06. The fraction of sp³-hybridized carbons (Fsp3) is 0.462. The van der Waals surface area contributed by atoms with E-state index in [-0.39, 0.29) is 12.2 Å². The van der Waals surface area contributed by atoms with E-state index < -0.39 is 0 Å². The van der Waals surface area contributed by atoms with Crippen molar-refractivity contribution < 1.29 is 5.11 Å². The first kappa shape index (κ1) is 23.4. The molecule has 9 heteroatoms. The van der Waals surface area contributed by atoms with E-state index >= 15 is 0 Å². The third-order valence-corrected chi connectivity index (χ3v) is 7.18. The van der Waals surface area contributed by atoms with Gasteiger partial charge >= 0.3 is 0 Å². The number of hydrogen-bond acceptors (Lipinski definition) is 8. The summed E-state index contributed by atoms with van der Waals surface area (Å²) in [5, 5.41) is 9.16. The van der Waals surface area contributed by atoms with E-state index in [2.05, 4.69) is 48.9 Å². The van der Waals surface area contributed by atoms with Crippen LogP contribution in [0, 0.1) is 0 Å². The summed E-state index contributed by atoms with van der Waals surface area (Å²) >= 11 is 0. The Morgan fingerprint density at radius 1 is 1.00 bits per heavy atom. The van der Waals surface area contributed by atoms with Gasteiger partial charge in [0, 0.05) is 76.7 Å². The van der Waals surface area contributed by atoms with Crippen LogP contribution in [-0.4, -0.2) is 81.9 Å². The van der Waals surface area contributed by atoms with Gasteiger partial charge in [-0.2, -0.15) is 0 Å². The van der Waals surface area contributed by atoms with Crippen molar-refractivity contribution in [3.05, 3.63) is 64.8 Å². The molecule has 2 fully saturated rings. The maximum Gasteiger partial charge on any atom is 0.255 e. The van der Waals surface area contributed by atoms with Crippen molar-refractivity contribution in [2.24, 2.45) is 7.05 Å². The van der Waals surface area contributed by atoms with Gasteiger partial charge in [0.1, 0.15) is 6.33 Å². The van der Waals surface area contributed by atoms with Crippen LogP contribution >= 0.6 is 0 Å². The fourth-order valence-electron chi connectivity index (χ4n) is 5.14. The third-order valence-electron chi connectivity index (χ3n) is 7.18. The van der Waals surface area contributed by atoms with E-state index in [9.17, 15) is 4.79 Å². The highest BCUT2D eigenvalue weighted by Crippen LogP contribution is 2.31. The van der Waals surface area contributed by atoms with Gasteiger partial charge in [-0.1, -0.05) is 12.1 Å². The van der Waals surface area contributed by atoms with E-state index in [1.807, 2.05) is 0 Å². The number of benzene rings is 1. The van der Waals surface area contributed by atoms with Crippen molar-refractivity contribution in [1.82, 2.24) is 24.4 Å². The van der Waals surface area contributed by atoms with Gasteiger partial charge in [0.05, 0.1) is 18.0 Å². The van der Waals surface area contributed by atoms with Crippen LogP contribution in [-0.2, 0) is 7.05 Å². The molecule has 1 atom stereocenters. The molecular weight excluding hydrogens is 442 g/mol. The molecule has 4 heterocycles. The highest BCUT2D eigenvalue weighted by Gasteiger charge is 2.25. The molecule has 0 bridgehead atoms. The summed E-state index contributed by atoms with van der Waals surface area (Å²) in [7, 11) is 1.78. The summed E-state index contributed by atoms with van der Waals surface area (Å²) < 4.78 is 1.63. The van der Waals surface area contributed by atoms with Crippen LogP contribution in [0.15, 0.2) is 53.7 Å². The third kappa shape index (κ3) is 5.21. The monoisotopic (exact) mass is 475 g/mol. The van der Waals surface area contributed by atoms with Crippen molar-refractivity contribution >= 4 is 11.6 Å². The number of piperidine rings is 1. The predicted molar refractivity (Wildman–Crippen MR) is 137 cm³/mol. The molecule has 1 N–H and O–H groups in total. The minimum Gasteiger partial charge on any atom is -0.395 e. The van der Waals surface area contributed by atoms with Crippen LogP contribution in [0.3, 0.4) is 0 Å². The molecule has 0 amide bonds. The van der Waals surface area contributed by atoms with E-state index in [0.717, 1.165) is 58.7 Å². The highest BCUT2D eigenvalue weighted by atomic mass is 16.3. The van der Waals surface area contributed by atoms with E-state index in [1.165, 1.54) is 23.6 Å². The lowest BCUT2D eigenvalue weighted by atomic mass is 9.90. The normalized spacial score (nSPS) is 19.2. The van der Waals surface area contributed by atoms with Crippen molar-refractivity contribution in [2.75, 3.05) is 62.2 Å². The van der Waals surface area contributed by atoms with Crippen LogP contribution in [0.5, 0.6) is 0 Å². The lowest BCUT2D eigenvalue weighted by molar-refractivity contribution is 0.189. The molecule has 35 heavy (non-hydrogen) atoms. The molecule has 1 unspecified atom stereocenters. The van der Waals surface area contributed by atoms with E-state index in [1.54, 1.807) is 23.9 Å². The number of aliphatic hydroxyl groups is 1. The average molecular weight is 476 g/mol. The summed E-state index contributed by atoms with van der Waals surface area (Å²) in [5.41, 5.74) is 3.73. The zero-order valence-electron chi connectivity index (χ0n) is 20.3. The Morgan fingerprint density at radius 3 is 2.51 bits per heavy atom. The lowest BCUT2D eigenvalue weighted by Crippen LogP contribution is -2.47. The molecular formula is C26H33N7O2. The molecule has 184 valence electrons. The molecule has 1 aromatic carbocycles.